The Morgan fingerprint density at radius 2 is 1.44 bits per heavy atom. The minimum atomic E-state index is -1.47. The third-order valence-electron chi connectivity index (χ3n) is 6.36. The molecule has 0 aromatic carbocycles. The van der Waals surface area contributed by atoms with Crippen molar-refractivity contribution in [2.45, 2.75) is 105 Å². The van der Waals surface area contributed by atoms with Gasteiger partial charge in [0.1, 0.15) is 48.8 Å². The predicted octanol–water partition coefficient (Wildman–Crippen LogP) is -6.26. The van der Waals surface area contributed by atoms with E-state index in [0.29, 0.717) is 0 Å². The summed E-state index contributed by atoms with van der Waals surface area (Å²) in [6.45, 7) is 1.30. The first kappa shape index (κ1) is 26.1. The lowest BCUT2D eigenvalue weighted by Crippen LogP contribution is -2.68. The molecule has 2 heterocycles. The molecule has 2 aliphatic heterocycles. The van der Waals surface area contributed by atoms with Crippen LogP contribution in [0.25, 0.3) is 0 Å². The standard InChI is InChI=1S/C18H36N4O10/c1-4(23)14-12(27)11(26)8(22)17(30-14)31-15-6(21)2-5(20)9(24)16(15)32-18-13(28)10(25)7(3-19)29-18/h4-18,23-28H,2-3,19-22H2,1H3/t4-,5?,6?,7?,8?,9?,10?,11?,12?,13?,14?,15?,16?,17?,18?/m1/s1. The van der Waals surface area contributed by atoms with Crippen molar-refractivity contribution in [3.05, 3.63) is 0 Å². The second-order valence-electron chi connectivity index (χ2n) is 8.78. The first-order valence-electron chi connectivity index (χ1n) is 10.6. The van der Waals surface area contributed by atoms with E-state index in [1.807, 2.05) is 0 Å². The number of aliphatic hydroxyl groups is 6. The van der Waals surface area contributed by atoms with Gasteiger partial charge >= 0.3 is 0 Å². The van der Waals surface area contributed by atoms with Crippen LogP contribution in [0.5, 0.6) is 0 Å². The van der Waals surface area contributed by atoms with Crippen LogP contribution < -0.4 is 22.9 Å². The highest BCUT2D eigenvalue weighted by Crippen LogP contribution is 2.32. The Kier molecular flexibility index (Phi) is 8.44. The maximum atomic E-state index is 10.7. The van der Waals surface area contributed by atoms with Gasteiger partial charge in [-0.1, -0.05) is 0 Å². The third kappa shape index (κ3) is 4.94. The SMILES string of the molecule is C[C@@H](O)C1OC(OC2C(N)CC(N)C(O)C2OC2OC(CN)C(O)C2O)C(N)C(O)C1O. The fourth-order valence-corrected chi connectivity index (χ4v) is 4.37. The fraction of sp³-hybridized carbons (Fsp3) is 1.00. The van der Waals surface area contributed by atoms with Crippen molar-refractivity contribution >= 4 is 0 Å². The van der Waals surface area contributed by atoms with Crippen LogP contribution in [-0.2, 0) is 18.9 Å². The van der Waals surface area contributed by atoms with E-state index in [0.717, 1.165) is 0 Å². The maximum Gasteiger partial charge on any atom is 0.187 e. The van der Waals surface area contributed by atoms with Crippen molar-refractivity contribution < 1.29 is 49.6 Å². The van der Waals surface area contributed by atoms with Crippen LogP contribution in [0.15, 0.2) is 0 Å². The summed E-state index contributed by atoms with van der Waals surface area (Å²) in [5.74, 6) is 0. The van der Waals surface area contributed by atoms with Crippen LogP contribution in [0.2, 0.25) is 0 Å². The summed E-state index contributed by atoms with van der Waals surface area (Å²) >= 11 is 0. The maximum absolute atomic E-state index is 10.7. The summed E-state index contributed by atoms with van der Waals surface area (Å²) < 4.78 is 22.7. The van der Waals surface area contributed by atoms with Crippen LogP contribution in [0.3, 0.4) is 0 Å². The van der Waals surface area contributed by atoms with Gasteiger partial charge in [-0.05, 0) is 13.3 Å². The number of aliphatic hydroxyl groups excluding tert-OH is 6. The Bertz CT molecular complexity index is 620. The number of hydrogen-bond donors (Lipinski definition) is 10. The van der Waals surface area contributed by atoms with Crippen LogP contribution >= 0.6 is 0 Å². The molecule has 14 nitrogen and oxygen atoms in total. The summed E-state index contributed by atoms with van der Waals surface area (Å²) in [5, 5.41) is 61.2. The molecule has 0 aromatic rings. The molecule has 0 amide bonds. The molecule has 32 heavy (non-hydrogen) atoms. The lowest BCUT2D eigenvalue weighted by Gasteiger charge is -2.47. The molecule has 15 atom stereocenters. The second kappa shape index (κ2) is 10.4. The second-order valence-corrected chi connectivity index (χ2v) is 8.78. The Hall–Kier alpha value is -0.560. The molecule has 14 heteroatoms. The summed E-state index contributed by atoms with van der Waals surface area (Å²) in [4.78, 5) is 0. The molecule has 0 aromatic heterocycles. The van der Waals surface area contributed by atoms with E-state index in [1.54, 1.807) is 0 Å². The number of nitrogens with two attached hydrogens (primary N) is 4. The molecular formula is C18H36N4O10. The van der Waals surface area contributed by atoms with Crippen LogP contribution in [0.1, 0.15) is 13.3 Å². The molecule has 14 unspecified atom stereocenters. The topological polar surface area (TPSA) is 262 Å². The molecule has 1 saturated carbocycles. The van der Waals surface area contributed by atoms with Crippen molar-refractivity contribution in [2.24, 2.45) is 22.9 Å². The Labute approximate surface area is 185 Å². The van der Waals surface area contributed by atoms with Gasteiger partial charge in [-0.2, -0.15) is 0 Å². The summed E-state index contributed by atoms with van der Waals surface area (Å²) in [6, 6.07) is -2.78. The first-order chi connectivity index (χ1) is 15.0. The van der Waals surface area contributed by atoms with E-state index >= 15 is 0 Å². The molecule has 1 aliphatic carbocycles. The monoisotopic (exact) mass is 468 g/mol. The van der Waals surface area contributed by atoms with Gasteiger partial charge in [-0.15, -0.1) is 0 Å². The zero-order valence-corrected chi connectivity index (χ0v) is 17.7. The van der Waals surface area contributed by atoms with Crippen molar-refractivity contribution in [1.82, 2.24) is 0 Å². The molecule has 14 N–H and O–H groups in total. The quantitative estimate of drug-likeness (QED) is 0.174. The zero-order chi connectivity index (χ0) is 23.9. The molecule has 2 saturated heterocycles. The van der Waals surface area contributed by atoms with Crippen molar-refractivity contribution in [1.29, 1.82) is 0 Å². The summed E-state index contributed by atoms with van der Waals surface area (Å²) in [7, 11) is 0. The Morgan fingerprint density at radius 3 is 2.00 bits per heavy atom. The fourth-order valence-electron chi connectivity index (χ4n) is 4.37. The Balaban J connectivity index is 1.79. The van der Waals surface area contributed by atoms with Gasteiger partial charge in [0.15, 0.2) is 12.6 Å². The van der Waals surface area contributed by atoms with Gasteiger partial charge < -0.3 is 72.5 Å². The van der Waals surface area contributed by atoms with Crippen molar-refractivity contribution in [2.75, 3.05) is 6.54 Å². The van der Waals surface area contributed by atoms with Crippen molar-refractivity contribution in [3.63, 3.8) is 0 Å². The Morgan fingerprint density at radius 1 is 0.812 bits per heavy atom. The lowest BCUT2D eigenvalue weighted by molar-refractivity contribution is -0.315. The van der Waals surface area contributed by atoms with E-state index in [1.165, 1.54) is 6.92 Å². The van der Waals surface area contributed by atoms with Gasteiger partial charge in [0.25, 0.3) is 0 Å². The number of hydrogen-bond acceptors (Lipinski definition) is 14. The van der Waals surface area contributed by atoms with E-state index in [2.05, 4.69) is 0 Å². The zero-order valence-electron chi connectivity index (χ0n) is 17.7. The highest BCUT2D eigenvalue weighted by molar-refractivity contribution is 5.01. The van der Waals surface area contributed by atoms with Crippen LogP contribution in [0, 0.1) is 0 Å². The van der Waals surface area contributed by atoms with Gasteiger partial charge in [0.05, 0.1) is 18.2 Å². The molecule has 188 valence electrons. The molecule has 3 fully saturated rings. The largest absolute Gasteiger partial charge is 0.391 e. The van der Waals surface area contributed by atoms with E-state index in [-0.39, 0.29) is 13.0 Å². The minimum Gasteiger partial charge on any atom is -0.391 e. The summed E-state index contributed by atoms with van der Waals surface area (Å²) in [5.41, 5.74) is 23.7. The van der Waals surface area contributed by atoms with Crippen LogP contribution in [0.4, 0.5) is 0 Å². The minimum absolute atomic E-state index is 0.0734. The normalized spacial score (nSPS) is 53.3. The average molecular weight is 469 g/mol. The molecule has 3 aliphatic rings. The predicted molar refractivity (Wildman–Crippen MR) is 106 cm³/mol. The highest BCUT2D eigenvalue weighted by atomic mass is 16.7. The van der Waals surface area contributed by atoms with Crippen LogP contribution in [-0.4, -0.2) is 129 Å². The smallest absolute Gasteiger partial charge is 0.187 e. The molecule has 3 rings (SSSR count). The average Bonchev–Trinajstić information content (AvgIpc) is 3.01. The first-order valence-corrected chi connectivity index (χ1v) is 10.6. The van der Waals surface area contributed by atoms with E-state index < -0.39 is 91.7 Å². The molecule has 0 radical (unpaired) electrons. The van der Waals surface area contributed by atoms with E-state index in [9.17, 15) is 30.6 Å². The van der Waals surface area contributed by atoms with Gasteiger partial charge in [-0.3, -0.25) is 0 Å². The van der Waals surface area contributed by atoms with Gasteiger partial charge in [0, 0.05) is 18.6 Å². The summed E-state index contributed by atoms with van der Waals surface area (Å²) in [6.07, 6.45) is -15.1. The highest BCUT2D eigenvalue weighted by Gasteiger charge is 2.52. The van der Waals surface area contributed by atoms with Gasteiger partial charge in [0.2, 0.25) is 0 Å². The lowest BCUT2D eigenvalue weighted by atomic mass is 9.84. The molecule has 0 spiro atoms. The number of rotatable bonds is 6. The van der Waals surface area contributed by atoms with Gasteiger partial charge in [-0.25, -0.2) is 0 Å². The van der Waals surface area contributed by atoms with Crippen molar-refractivity contribution in [3.8, 4) is 0 Å². The number of ether oxygens (including phenoxy) is 4. The molecule has 0 bridgehead atoms. The third-order valence-corrected chi connectivity index (χ3v) is 6.36. The van der Waals surface area contributed by atoms with E-state index in [4.69, 9.17) is 41.9 Å². The molecular weight excluding hydrogens is 432 g/mol.